The summed E-state index contributed by atoms with van der Waals surface area (Å²) in [5.74, 6) is 1.59. The number of hydrogen-bond donors (Lipinski definition) is 1. The Bertz CT molecular complexity index is 446. The summed E-state index contributed by atoms with van der Waals surface area (Å²) in [5.41, 5.74) is -0.0497. The van der Waals surface area contributed by atoms with Crippen molar-refractivity contribution in [2.75, 3.05) is 11.9 Å². The van der Waals surface area contributed by atoms with Crippen LogP contribution >= 0.6 is 22.6 Å². The predicted molar refractivity (Wildman–Crippen MR) is 77.4 cm³/mol. The lowest BCUT2D eigenvalue weighted by Gasteiger charge is -2.35. The minimum absolute atomic E-state index is 0.0497. The monoisotopic (exact) mass is 347 g/mol. The molecule has 0 aliphatic heterocycles. The van der Waals surface area contributed by atoms with E-state index < -0.39 is 0 Å². The quantitative estimate of drug-likeness (QED) is 0.836. The van der Waals surface area contributed by atoms with Crippen LogP contribution in [0.25, 0.3) is 0 Å². The van der Waals surface area contributed by atoms with Gasteiger partial charge in [0.25, 0.3) is 5.56 Å². The molecule has 5 heteroatoms. The lowest BCUT2D eigenvalue weighted by atomic mass is 9.86. The number of nitrogens with one attached hydrogen (secondary N) is 1. The summed E-state index contributed by atoms with van der Waals surface area (Å²) in [4.78, 5) is 20.6. The third-order valence-electron chi connectivity index (χ3n) is 3.57. The molecule has 0 aromatic carbocycles. The van der Waals surface area contributed by atoms with Gasteiger partial charge in [-0.1, -0.05) is 19.8 Å². The van der Waals surface area contributed by atoms with Crippen LogP contribution in [0.5, 0.6) is 0 Å². The molecule has 0 bridgehead atoms. The lowest BCUT2D eigenvalue weighted by molar-refractivity contribution is 0.335. The smallest absolute Gasteiger partial charge is 0.266 e. The summed E-state index contributed by atoms with van der Waals surface area (Å²) in [6.45, 7) is 2.30. The Hall–Kier alpha value is -0.590. The number of anilines is 1. The normalized spacial score (nSPS) is 24.6. The molecule has 0 radical (unpaired) electrons. The Morgan fingerprint density at radius 1 is 1.53 bits per heavy atom. The van der Waals surface area contributed by atoms with E-state index in [1.807, 2.05) is 7.05 Å². The number of aromatic amines is 1. The summed E-state index contributed by atoms with van der Waals surface area (Å²) in [7, 11) is 2.05. The van der Waals surface area contributed by atoms with E-state index in [9.17, 15) is 4.79 Å². The summed E-state index contributed by atoms with van der Waals surface area (Å²) in [5, 5.41) is 0. The van der Waals surface area contributed by atoms with Crippen molar-refractivity contribution in [3.05, 3.63) is 20.3 Å². The van der Waals surface area contributed by atoms with Gasteiger partial charge in [0.1, 0.15) is 9.39 Å². The van der Waals surface area contributed by atoms with Gasteiger partial charge >= 0.3 is 0 Å². The highest BCUT2D eigenvalue weighted by Crippen LogP contribution is 2.29. The number of rotatable bonds is 2. The third-order valence-corrected chi connectivity index (χ3v) is 4.54. The van der Waals surface area contributed by atoms with Gasteiger partial charge in [-0.15, -0.1) is 0 Å². The van der Waals surface area contributed by atoms with E-state index in [-0.39, 0.29) is 5.56 Å². The molecule has 0 amide bonds. The minimum atomic E-state index is -0.0497. The zero-order valence-corrected chi connectivity index (χ0v) is 12.4. The second-order valence-electron chi connectivity index (χ2n) is 4.91. The van der Waals surface area contributed by atoms with Crippen molar-refractivity contribution in [2.45, 2.75) is 38.6 Å². The van der Waals surface area contributed by atoms with E-state index in [1.54, 1.807) is 0 Å². The SMILES string of the molecule is CC1CCCC(N(C)c2nc[nH]c(=O)c2I)C1. The number of H-pyrrole nitrogens is 1. The van der Waals surface area contributed by atoms with E-state index in [0.717, 1.165) is 11.7 Å². The molecule has 1 aliphatic rings. The van der Waals surface area contributed by atoms with Gasteiger partial charge in [-0.25, -0.2) is 4.98 Å². The average molecular weight is 347 g/mol. The van der Waals surface area contributed by atoms with Crippen molar-refractivity contribution in [1.82, 2.24) is 9.97 Å². The first-order valence-corrected chi connectivity index (χ1v) is 7.13. The number of aromatic nitrogens is 2. The first-order chi connectivity index (χ1) is 8.09. The molecular formula is C12H18IN3O. The van der Waals surface area contributed by atoms with E-state index in [1.165, 1.54) is 32.0 Å². The second kappa shape index (κ2) is 5.37. The topological polar surface area (TPSA) is 49.0 Å². The maximum Gasteiger partial charge on any atom is 0.266 e. The van der Waals surface area contributed by atoms with E-state index in [4.69, 9.17) is 0 Å². The third kappa shape index (κ3) is 2.81. The Morgan fingerprint density at radius 3 is 3.00 bits per heavy atom. The Kier molecular flexibility index (Phi) is 4.06. The molecule has 2 atom stereocenters. The molecule has 2 rings (SSSR count). The standard InChI is InChI=1S/C12H18IN3O/c1-8-4-3-5-9(6-8)16(2)11-10(13)12(17)15-7-14-11/h7-9H,3-6H2,1-2H3,(H,14,15,17). The second-order valence-corrected chi connectivity index (χ2v) is 5.98. The van der Waals surface area contributed by atoms with Gasteiger partial charge in [-0.2, -0.15) is 0 Å². The van der Waals surface area contributed by atoms with Gasteiger partial charge in [0.05, 0.1) is 6.33 Å². The maximum absolute atomic E-state index is 11.6. The first kappa shape index (κ1) is 12.9. The Morgan fingerprint density at radius 2 is 2.29 bits per heavy atom. The molecule has 0 saturated heterocycles. The molecule has 1 aliphatic carbocycles. The van der Waals surface area contributed by atoms with Gasteiger partial charge in [-0.05, 0) is 41.4 Å². The van der Waals surface area contributed by atoms with E-state index >= 15 is 0 Å². The molecule has 1 heterocycles. The largest absolute Gasteiger partial charge is 0.356 e. The molecule has 94 valence electrons. The van der Waals surface area contributed by atoms with Gasteiger partial charge in [-0.3, -0.25) is 4.79 Å². The molecule has 1 saturated carbocycles. The van der Waals surface area contributed by atoms with Crippen molar-refractivity contribution in [3.63, 3.8) is 0 Å². The van der Waals surface area contributed by atoms with E-state index in [0.29, 0.717) is 9.61 Å². The fourth-order valence-corrected chi connectivity index (χ4v) is 3.22. The minimum Gasteiger partial charge on any atom is -0.356 e. The average Bonchev–Trinajstić information content (AvgIpc) is 2.32. The highest BCUT2D eigenvalue weighted by atomic mass is 127. The van der Waals surface area contributed by atoms with Crippen molar-refractivity contribution in [3.8, 4) is 0 Å². The fraction of sp³-hybridized carbons (Fsp3) is 0.667. The highest BCUT2D eigenvalue weighted by Gasteiger charge is 2.24. The lowest BCUT2D eigenvalue weighted by Crippen LogP contribution is -2.37. The van der Waals surface area contributed by atoms with Gasteiger partial charge < -0.3 is 9.88 Å². The van der Waals surface area contributed by atoms with Crippen LogP contribution in [0.3, 0.4) is 0 Å². The fourth-order valence-electron chi connectivity index (χ4n) is 2.55. The van der Waals surface area contributed by atoms with Crippen LogP contribution in [0.2, 0.25) is 0 Å². The van der Waals surface area contributed by atoms with Crippen molar-refractivity contribution >= 4 is 28.4 Å². The van der Waals surface area contributed by atoms with Gasteiger partial charge in [0.15, 0.2) is 0 Å². The first-order valence-electron chi connectivity index (χ1n) is 6.05. The van der Waals surface area contributed by atoms with Crippen LogP contribution in [0.4, 0.5) is 5.82 Å². The maximum atomic E-state index is 11.6. The van der Waals surface area contributed by atoms with Gasteiger partial charge in [0.2, 0.25) is 0 Å². The Labute approximate surface area is 115 Å². The summed E-state index contributed by atoms with van der Waals surface area (Å²) in [6, 6.07) is 0.515. The molecular weight excluding hydrogens is 329 g/mol. The molecule has 4 nitrogen and oxygen atoms in total. The number of halogens is 1. The number of nitrogens with zero attached hydrogens (tertiary/aromatic N) is 2. The van der Waals surface area contributed by atoms with Crippen LogP contribution in [0.1, 0.15) is 32.6 Å². The molecule has 1 aromatic rings. The van der Waals surface area contributed by atoms with Crippen molar-refractivity contribution in [1.29, 1.82) is 0 Å². The van der Waals surface area contributed by atoms with Crippen LogP contribution in [0, 0.1) is 9.49 Å². The summed E-state index contributed by atoms with van der Waals surface area (Å²) < 4.78 is 0.686. The van der Waals surface area contributed by atoms with Crippen LogP contribution in [0.15, 0.2) is 11.1 Å². The van der Waals surface area contributed by atoms with Crippen molar-refractivity contribution in [2.24, 2.45) is 5.92 Å². The molecule has 1 fully saturated rings. The zero-order valence-electron chi connectivity index (χ0n) is 10.2. The van der Waals surface area contributed by atoms with Crippen molar-refractivity contribution < 1.29 is 0 Å². The van der Waals surface area contributed by atoms with Crippen LogP contribution < -0.4 is 10.5 Å². The predicted octanol–water partition coefficient (Wildman–Crippen LogP) is 2.39. The molecule has 1 N–H and O–H groups in total. The van der Waals surface area contributed by atoms with Gasteiger partial charge in [0, 0.05) is 13.1 Å². The zero-order chi connectivity index (χ0) is 12.4. The Balaban J connectivity index is 2.21. The van der Waals surface area contributed by atoms with E-state index in [2.05, 4.69) is 44.4 Å². The summed E-state index contributed by atoms with van der Waals surface area (Å²) >= 11 is 2.07. The molecule has 2 unspecified atom stereocenters. The van der Waals surface area contributed by atoms with Crippen LogP contribution in [-0.4, -0.2) is 23.1 Å². The molecule has 0 spiro atoms. The van der Waals surface area contributed by atoms with Crippen LogP contribution in [-0.2, 0) is 0 Å². The highest BCUT2D eigenvalue weighted by molar-refractivity contribution is 14.1. The summed E-state index contributed by atoms with van der Waals surface area (Å²) in [6.07, 6.45) is 6.48. The molecule has 17 heavy (non-hydrogen) atoms. The number of hydrogen-bond acceptors (Lipinski definition) is 3. The molecule has 1 aromatic heterocycles.